The molecule has 0 bridgehead atoms. The molecule has 0 spiro atoms. The molecular weight excluding hydrogens is 457 g/mol. The maximum absolute atomic E-state index is 12.9. The molecule has 0 fully saturated rings. The van der Waals surface area contributed by atoms with Crippen LogP contribution in [0.3, 0.4) is 0 Å². The van der Waals surface area contributed by atoms with E-state index in [0.717, 1.165) is 17.7 Å². The second kappa shape index (κ2) is 8.58. The summed E-state index contributed by atoms with van der Waals surface area (Å²) in [5.41, 5.74) is 1.98. The highest BCUT2D eigenvalue weighted by atomic mass is 32.2. The van der Waals surface area contributed by atoms with E-state index in [1.54, 1.807) is 43.3 Å². The fourth-order valence-electron chi connectivity index (χ4n) is 2.96. The van der Waals surface area contributed by atoms with Crippen LogP contribution in [-0.4, -0.2) is 24.7 Å². The van der Waals surface area contributed by atoms with Crippen molar-refractivity contribution in [2.45, 2.75) is 18.2 Å². The maximum atomic E-state index is 12.9. The Morgan fingerprint density at radius 2 is 1.58 bits per heavy atom. The van der Waals surface area contributed by atoms with Gasteiger partial charge in [0.15, 0.2) is 0 Å². The largest absolute Gasteiger partial charge is 0.573 e. The summed E-state index contributed by atoms with van der Waals surface area (Å²) in [6, 6.07) is 18.0. The van der Waals surface area contributed by atoms with E-state index >= 15 is 0 Å². The summed E-state index contributed by atoms with van der Waals surface area (Å²) in [5.74, 6) is -0.565. The number of benzene rings is 3. The molecule has 11 heteroatoms. The van der Waals surface area contributed by atoms with Gasteiger partial charge >= 0.3 is 6.36 Å². The van der Waals surface area contributed by atoms with E-state index in [1.807, 2.05) is 0 Å². The molecule has 7 nitrogen and oxygen atoms in total. The van der Waals surface area contributed by atoms with Crippen LogP contribution in [-0.2, 0) is 10.0 Å². The molecular formula is C22H16F3N4O3S-. The minimum absolute atomic E-state index is 0.00272. The number of alkyl halides is 3. The zero-order valence-electron chi connectivity index (χ0n) is 17.0. The van der Waals surface area contributed by atoms with E-state index in [-0.39, 0.29) is 16.5 Å². The monoisotopic (exact) mass is 473 g/mol. The molecule has 4 rings (SSSR count). The average Bonchev–Trinajstić information content (AvgIpc) is 2.74. The molecule has 0 saturated carbocycles. The zero-order chi connectivity index (χ0) is 23.6. The summed E-state index contributed by atoms with van der Waals surface area (Å²) in [5, 5.41) is 2.87. The van der Waals surface area contributed by atoms with Crippen LogP contribution in [0.25, 0.3) is 15.8 Å². The van der Waals surface area contributed by atoms with Crippen molar-refractivity contribution in [2.24, 2.45) is 0 Å². The van der Waals surface area contributed by atoms with Crippen molar-refractivity contribution in [3.8, 4) is 5.75 Å². The highest BCUT2D eigenvalue weighted by Gasteiger charge is 2.30. The molecule has 33 heavy (non-hydrogen) atoms. The molecule has 0 unspecified atom stereocenters. The third-order valence-electron chi connectivity index (χ3n) is 4.40. The fourth-order valence-corrected chi connectivity index (χ4v) is 4.00. The molecule has 0 aliphatic heterocycles. The van der Waals surface area contributed by atoms with E-state index in [2.05, 4.69) is 24.7 Å². The van der Waals surface area contributed by atoms with Crippen molar-refractivity contribution in [3.63, 3.8) is 0 Å². The van der Waals surface area contributed by atoms with Crippen molar-refractivity contribution in [1.29, 1.82) is 0 Å². The van der Waals surface area contributed by atoms with Gasteiger partial charge in [0.2, 0.25) is 10.0 Å². The van der Waals surface area contributed by atoms with Crippen LogP contribution < -0.4 is 10.1 Å². The Bertz CT molecular complexity index is 1410. The Morgan fingerprint density at radius 1 is 0.909 bits per heavy atom. The zero-order valence-corrected chi connectivity index (χ0v) is 17.9. The van der Waals surface area contributed by atoms with Crippen LogP contribution in [0.1, 0.15) is 5.56 Å². The van der Waals surface area contributed by atoms with Crippen molar-refractivity contribution in [3.05, 3.63) is 83.1 Å². The van der Waals surface area contributed by atoms with Gasteiger partial charge in [-0.1, -0.05) is 30.3 Å². The second-order valence-electron chi connectivity index (χ2n) is 6.96. The number of nitrogens with one attached hydrogen (secondary N) is 1. The van der Waals surface area contributed by atoms with Crippen molar-refractivity contribution in [2.75, 3.05) is 5.32 Å². The first-order valence-corrected chi connectivity index (χ1v) is 11.0. The van der Waals surface area contributed by atoms with E-state index in [4.69, 9.17) is 0 Å². The van der Waals surface area contributed by atoms with Gasteiger partial charge in [0.1, 0.15) is 11.6 Å². The van der Waals surface area contributed by atoms with Gasteiger partial charge in [0.25, 0.3) is 0 Å². The number of fused-ring (bicyclic) bond motifs is 1. The quantitative estimate of drug-likeness (QED) is 0.370. The summed E-state index contributed by atoms with van der Waals surface area (Å²) >= 11 is 0. The molecule has 0 saturated heterocycles. The predicted octanol–water partition coefficient (Wildman–Crippen LogP) is 5.97. The Morgan fingerprint density at radius 3 is 2.21 bits per heavy atom. The summed E-state index contributed by atoms with van der Waals surface area (Å²) in [4.78, 5) is 8.73. The average molecular weight is 473 g/mol. The van der Waals surface area contributed by atoms with Crippen LogP contribution >= 0.6 is 0 Å². The molecule has 1 aromatic heterocycles. The second-order valence-corrected chi connectivity index (χ2v) is 8.57. The highest BCUT2D eigenvalue weighted by Crippen LogP contribution is 2.35. The maximum Gasteiger partial charge on any atom is 0.573 e. The number of hydrogen-bond donors (Lipinski definition) is 1. The summed E-state index contributed by atoms with van der Waals surface area (Å²) in [6.07, 6.45) is -4.81. The van der Waals surface area contributed by atoms with E-state index < -0.39 is 22.1 Å². The van der Waals surface area contributed by atoms with Crippen molar-refractivity contribution < 1.29 is 26.3 Å². The molecule has 0 aliphatic rings. The van der Waals surface area contributed by atoms with Gasteiger partial charge in [-0.25, -0.2) is 13.4 Å². The number of nitrogens with zero attached hydrogens (tertiary/aromatic N) is 3. The third kappa shape index (κ3) is 5.50. The number of halogens is 3. The molecule has 0 amide bonds. The lowest BCUT2D eigenvalue weighted by Gasteiger charge is -2.21. The molecule has 0 aliphatic carbocycles. The molecule has 1 N–H and O–H groups in total. The number of hydrogen-bond acceptors (Lipinski definition) is 6. The van der Waals surface area contributed by atoms with Gasteiger partial charge in [-0.05, 0) is 66.3 Å². The minimum Gasteiger partial charge on any atom is -0.431 e. The first-order chi connectivity index (χ1) is 15.6. The lowest BCUT2D eigenvalue weighted by Crippen LogP contribution is -2.16. The Hall–Kier alpha value is -3.86. The fraction of sp³-hybridized carbons (Fsp3) is 0.0909. The number of aryl methyl sites for hydroxylation is 1. The van der Waals surface area contributed by atoms with Gasteiger partial charge in [0.05, 0.1) is 10.4 Å². The Balaban J connectivity index is 1.69. The topological polar surface area (TPSA) is 95.3 Å². The number of ether oxygens (including phenoxy) is 1. The first kappa shape index (κ1) is 22.3. The number of anilines is 2. The van der Waals surface area contributed by atoms with E-state index in [9.17, 15) is 21.6 Å². The van der Waals surface area contributed by atoms with Gasteiger partial charge in [0, 0.05) is 5.69 Å². The van der Waals surface area contributed by atoms with Gasteiger partial charge in [-0.2, -0.15) is 0 Å². The minimum atomic E-state index is -4.81. The molecule has 1 heterocycles. The summed E-state index contributed by atoms with van der Waals surface area (Å²) < 4.78 is 70.7. The number of para-hydroxylation sites is 2. The Labute approximate surface area is 187 Å². The predicted molar refractivity (Wildman–Crippen MR) is 117 cm³/mol. The molecule has 0 atom stereocenters. The van der Waals surface area contributed by atoms with Crippen LogP contribution in [0.15, 0.2) is 77.7 Å². The molecule has 3 aromatic carbocycles. The Kier molecular flexibility index (Phi) is 5.81. The smallest absolute Gasteiger partial charge is 0.431 e. The van der Waals surface area contributed by atoms with Crippen LogP contribution in [0.5, 0.6) is 5.75 Å². The van der Waals surface area contributed by atoms with Gasteiger partial charge in [-0.15, -0.1) is 13.2 Å². The van der Waals surface area contributed by atoms with Crippen LogP contribution in [0, 0.1) is 6.92 Å². The summed E-state index contributed by atoms with van der Waals surface area (Å²) in [7, 11) is -4.11. The number of rotatable bonds is 6. The van der Waals surface area contributed by atoms with Crippen LogP contribution in [0.2, 0.25) is 0 Å². The standard InChI is InChI=1S/C22H16F3N4O3S/c1-14-5-4-6-17(13-14)33(30,31)29-21-20(27-18-7-2-3-8-19(18)28-21)26-15-9-11-16(12-10-15)32-22(23,24)25/h2-13H,1H3,(H-,26,27,28,29)/q-1. The van der Waals surface area contributed by atoms with E-state index in [0.29, 0.717) is 16.7 Å². The number of aromatic nitrogens is 2. The van der Waals surface area contributed by atoms with Crippen molar-refractivity contribution >= 4 is 38.4 Å². The lowest BCUT2D eigenvalue weighted by molar-refractivity contribution is -0.274. The van der Waals surface area contributed by atoms with Crippen molar-refractivity contribution in [1.82, 2.24) is 9.97 Å². The lowest BCUT2D eigenvalue weighted by atomic mass is 10.2. The van der Waals surface area contributed by atoms with Gasteiger partial charge < -0.3 is 19.8 Å². The van der Waals surface area contributed by atoms with E-state index in [1.165, 1.54) is 24.3 Å². The SMILES string of the molecule is Cc1cccc(S(=O)(=O)[N-]c2nc3ccccc3nc2Nc2ccc(OC(F)(F)F)cc2)c1. The molecule has 4 aromatic rings. The van der Waals surface area contributed by atoms with Crippen LogP contribution in [0.4, 0.5) is 30.5 Å². The third-order valence-corrected chi connectivity index (χ3v) is 5.66. The molecule has 170 valence electrons. The highest BCUT2D eigenvalue weighted by molar-refractivity contribution is 7.94. The number of sulfonamides is 1. The first-order valence-electron chi connectivity index (χ1n) is 9.53. The normalized spacial score (nSPS) is 11.9. The summed E-state index contributed by atoms with van der Waals surface area (Å²) in [6.45, 7) is 1.76. The molecule has 0 radical (unpaired) electrons. The van der Waals surface area contributed by atoms with Gasteiger partial charge in [-0.3, -0.25) is 0 Å².